The lowest BCUT2D eigenvalue weighted by atomic mass is 9.93. The number of esters is 2. The van der Waals surface area contributed by atoms with Crippen molar-refractivity contribution in [3.05, 3.63) is 30.9 Å². The SMILES string of the molecule is CCC(Cn1ccc2cnc(Nc3cnn(CC(=O)O[C@@H]4C[C@@H](C(=O)OC(C)C)N(C)C4)c3)nc21)C(C)C. The van der Waals surface area contributed by atoms with Crippen LogP contribution in [0.1, 0.15) is 47.5 Å². The van der Waals surface area contributed by atoms with Gasteiger partial charge in [-0.15, -0.1) is 0 Å². The lowest BCUT2D eigenvalue weighted by Gasteiger charge is -2.20. The summed E-state index contributed by atoms with van der Waals surface area (Å²) in [5.41, 5.74) is 1.55. The zero-order valence-corrected chi connectivity index (χ0v) is 23.1. The fraction of sp³-hybridized carbons (Fsp3) is 0.593. The number of anilines is 2. The van der Waals surface area contributed by atoms with Crippen LogP contribution >= 0.6 is 0 Å². The number of nitrogens with one attached hydrogen (secondary N) is 1. The second-order valence-corrected chi connectivity index (χ2v) is 10.7. The number of carbonyl (C=O) groups excluding carboxylic acids is 2. The van der Waals surface area contributed by atoms with E-state index in [1.165, 1.54) is 4.68 Å². The summed E-state index contributed by atoms with van der Waals surface area (Å²) < 4.78 is 14.6. The predicted molar refractivity (Wildman–Crippen MR) is 144 cm³/mol. The van der Waals surface area contributed by atoms with Crippen LogP contribution in [0.5, 0.6) is 0 Å². The van der Waals surface area contributed by atoms with Gasteiger partial charge < -0.3 is 19.4 Å². The van der Waals surface area contributed by atoms with Crippen molar-refractivity contribution in [1.82, 2.24) is 29.2 Å². The van der Waals surface area contributed by atoms with Crippen molar-refractivity contribution in [3.63, 3.8) is 0 Å². The van der Waals surface area contributed by atoms with E-state index in [-0.39, 0.29) is 24.7 Å². The van der Waals surface area contributed by atoms with E-state index in [4.69, 9.17) is 14.5 Å². The molecule has 0 amide bonds. The van der Waals surface area contributed by atoms with Crippen LogP contribution in [0.4, 0.5) is 11.6 Å². The highest BCUT2D eigenvalue weighted by Crippen LogP contribution is 2.23. The van der Waals surface area contributed by atoms with E-state index in [0.29, 0.717) is 36.4 Å². The summed E-state index contributed by atoms with van der Waals surface area (Å²) in [5.74, 6) is 0.917. The zero-order chi connectivity index (χ0) is 27.4. The molecule has 11 heteroatoms. The molecule has 0 bridgehead atoms. The first-order valence-corrected chi connectivity index (χ1v) is 13.3. The van der Waals surface area contributed by atoms with Crippen molar-refractivity contribution in [1.29, 1.82) is 0 Å². The second kappa shape index (κ2) is 11.9. The van der Waals surface area contributed by atoms with Crippen molar-refractivity contribution < 1.29 is 19.1 Å². The number of carbonyl (C=O) groups is 2. The molecule has 4 heterocycles. The highest BCUT2D eigenvalue weighted by Gasteiger charge is 2.37. The third-order valence-corrected chi connectivity index (χ3v) is 7.01. The van der Waals surface area contributed by atoms with Crippen LogP contribution in [0.25, 0.3) is 11.0 Å². The molecule has 0 aliphatic carbocycles. The average molecular weight is 526 g/mol. The lowest BCUT2D eigenvalue weighted by Crippen LogP contribution is -2.35. The number of hydrogen-bond acceptors (Lipinski definition) is 9. The van der Waals surface area contributed by atoms with Crippen molar-refractivity contribution in [3.8, 4) is 0 Å². The fourth-order valence-electron chi connectivity index (χ4n) is 4.87. The van der Waals surface area contributed by atoms with Crippen LogP contribution in [-0.2, 0) is 32.2 Å². The molecular formula is C27H39N7O4. The number of hydrogen-bond donors (Lipinski definition) is 1. The summed E-state index contributed by atoms with van der Waals surface area (Å²) in [5, 5.41) is 8.44. The highest BCUT2D eigenvalue weighted by atomic mass is 16.6. The van der Waals surface area contributed by atoms with Crippen LogP contribution in [0, 0.1) is 11.8 Å². The van der Waals surface area contributed by atoms with E-state index in [9.17, 15) is 9.59 Å². The van der Waals surface area contributed by atoms with Gasteiger partial charge in [0.25, 0.3) is 0 Å². The molecular weight excluding hydrogens is 486 g/mol. The molecule has 0 aromatic carbocycles. The van der Waals surface area contributed by atoms with Gasteiger partial charge in [-0.1, -0.05) is 27.2 Å². The molecule has 3 aromatic heterocycles. The molecule has 206 valence electrons. The molecule has 11 nitrogen and oxygen atoms in total. The van der Waals surface area contributed by atoms with Gasteiger partial charge in [0, 0.05) is 43.5 Å². The van der Waals surface area contributed by atoms with Crippen LogP contribution < -0.4 is 5.32 Å². The van der Waals surface area contributed by atoms with Gasteiger partial charge in [0.05, 0.1) is 18.0 Å². The standard InChI is InChI=1S/C27H39N7O4/c1-7-19(17(2)3)13-33-9-8-20-11-28-27(31-25(20)33)30-21-12-29-34(14-21)16-24(35)38-22-10-23(32(6)15-22)26(36)37-18(4)5/h8-9,11-12,14,17-19,22-23H,7,10,13,15-16H2,1-6H3,(H,28,30,31)/t19?,22-,23+/m1/s1. The minimum atomic E-state index is -0.415. The maximum Gasteiger partial charge on any atom is 0.328 e. The van der Waals surface area contributed by atoms with Crippen LogP contribution in [0.15, 0.2) is 30.9 Å². The van der Waals surface area contributed by atoms with Crippen molar-refractivity contribution >= 4 is 34.6 Å². The van der Waals surface area contributed by atoms with Gasteiger partial charge in [-0.2, -0.15) is 10.1 Å². The Kier molecular flexibility index (Phi) is 8.65. The quantitative estimate of drug-likeness (QED) is 0.375. The minimum Gasteiger partial charge on any atom is -0.462 e. The lowest BCUT2D eigenvalue weighted by molar-refractivity contribution is -0.153. The fourth-order valence-corrected chi connectivity index (χ4v) is 4.87. The summed E-state index contributed by atoms with van der Waals surface area (Å²) >= 11 is 0. The number of rotatable bonds is 11. The van der Waals surface area contributed by atoms with E-state index in [1.54, 1.807) is 12.4 Å². The molecule has 3 aromatic rings. The smallest absolute Gasteiger partial charge is 0.328 e. The average Bonchev–Trinajstić information content (AvgIpc) is 3.55. The molecule has 1 aliphatic rings. The topological polar surface area (TPSA) is 116 Å². The van der Waals surface area contributed by atoms with E-state index in [0.717, 1.165) is 24.0 Å². The molecule has 3 atom stereocenters. The number of nitrogens with zero attached hydrogens (tertiary/aromatic N) is 6. The number of likely N-dealkylation sites (N-methyl/N-ethyl adjacent to an activating group) is 1. The Morgan fingerprint density at radius 3 is 2.71 bits per heavy atom. The van der Waals surface area contributed by atoms with E-state index < -0.39 is 12.0 Å². The van der Waals surface area contributed by atoms with E-state index in [1.807, 2.05) is 38.1 Å². The summed E-state index contributed by atoms with van der Waals surface area (Å²) in [6.07, 6.45) is 8.17. The maximum absolute atomic E-state index is 12.5. The van der Waals surface area contributed by atoms with Crippen LogP contribution in [0.2, 0.25) is 0 Å². The van der Waals surface area contributed by atoms with Crippen LogP contribution in [0.3, 0.4) is 0 Å². The second-order valence-electron chi connectivity index (χ2n) is 10.7. The van der Waals surface area contributed by atoms with E-state index >= 15 is 0 Å². The van der Waals surface area contributed by atoms with Crippen molar-refractivity contribution in [2.75, 3.05) is 18.9 Å². The summed E-state index contributed by atoms with van der Waals surface area (Å²) in [7, 11) is 1.83. The summed E-state index contributed by atoms with van der Waals surface area (Å²) in [4.78, 5) is 35.8. The van der Waals surface area contributed by atoms with Gasteiger partial charge in [0.2, 0.25) is 5.95 Å². The normalized spacial score (nSPS) is 18.8. The third-order valence-electron chi connectivity index (χ3n) is 7.01. The largest absolute Gasteiger partial charge is 0.462 e. The molecule has 1 N–H and O–H groups in total. The Balaban J connectivity index is 1.33. The molecule has 0 saturated carbocycles. The number of aromatic nitrogens is 5. The zero-order valence-electron chi connectivity index (χ0n) is 23.1. The first-order valence-electron chi connectivity index (χ1n) is 13.3. The Bertz CT molecular complexity index is 1250. The Hall–Kier alpha value is -3.47. The van der Waals surface area contributed by atoms with Gasteiger partial charge in [0.15, 0.2) is 0 Å². The van der Waals surface area contributed by atoms with E-state index in [2.05, 4.69) is 46.9 Å². The van der Waals surface area contributed by atoms with Gasteiger partial charge >= 0.3 is 11.9 Å². The molecule has 4 rings (SSSR count). The van der Waals surface area contributed by atoms with Crippen LogP contribution in [-0.4, -0.2) is 73.0 Å². The Labute approximate surface area is 223 Å². The van der Waals surface area contributed by atoms with Gasteiger partial charge in [-0.3, -0.25) is 19.2 Å². The number of likely N-dealkylation sites (tertiary alicyclic amines) is 1. The van der Waals surface area contributed by atoms with Gasteiger partial charge in [-0.25, -0.2) is 4.98 Å². The minimum absolute atomic E-state index is 0.0423. The molecule has 0 spiro atoms. The molecule has 1 saturated heterocycles. The van der Waals surface area contributed by atoms with Crippen molar-refractivity contribution in [2.24, 2.45) is 11.8 Å². The molecule has 38 heavy (non-hydrogen) atoms. The molecule has 0 radical (unpaired) electrons. The predicted octanol–water partition coefficient (Wildman–Crippen LogP) is 3.62. The molecule has 1 unspecified atom stereocenters. The maximum atomic E-state index is 12.5. The first-order chi connectivity index (χ1) is 18.1. The summed E-state index contributed by atoms with van der Waals surface area (Å²) in [6, 6.07) is 1.63. The molecule has 1 aliphatic heterocycles. The first kappa shape index (κ1) is 27.6. The van der Waals surface area contributed by atoms with Crippen molar-refractivity contribution in [2.45, 2.75) is 78.8 Å². The molecule has 1 fully saturated rings. The highest BCUT2D eigenvalue weighted by molar-refractivity contribution is 5.77. The van der Waals surface area contributed by atoms with Gasteiger partial charge in [0.1, 0.15) is 24.3 Å². The number of ether oxygens (including phenoxy) is 2. The van der Waals surface area contributed by atoms with Gasteiger partial charge in [-0.05, 0) is 38.8 Å². The number of fused-ring (bicyclic) bond motifs is 1. The summed E-state index contributed by atoms with van der Waals surface area (Å²) in [6.45, 7) is 11.7. The Morgan fingerprint density at radius 1 is 1.21 bits per heavy atom. The Morgan fingerprint density at radius 2 is 2.00 bits per heavy atom. The third kappa shape index (κ3) is 6.69. The monoisotopic (exact) mass is 525 g/mol.